The number of nitrogens with one attached hydrogen (secondary N) is 2. The van der Waals surface area contributed by atoms with Gasteiger partial charge in [-0.05, 0) is 60.7 Å². The number of amides is 3. The zero-order valence-electron chi connectivity index (χ0n) is 18.6. The first-order valence-corrected chi connectivity index (χ1v) is 11.7. The van der Waals surface area contributed by atoms with E-state index >= 15 is 0 Å². The standard InChI is InChI=1S/C25H29N5O3/c31-23-6-5-22(24(32)28-23)30-15-19-12-18(3-4-21(19)25(30)33)13-27-20-2-1-11-29(16-20)14-17-7-9-26-10-8-17/h3-4,7-10,12,20,22,27H,1-2,5-6,11,13-16H2,(H,28,31,32). The Hall–Kier alpha value is -3.10. The van der Waals surface area contributed by atoms with Gasteiger partial charge in [-0.3, -0.25) is 29.6 Å². The van der Waals surface area contributed by atoms with Crippen molar-refractivity contribution in [2.45, 2.75) is 57.4 Å². The van der Waals surface area contributed by atoms with E-state index in [1.165, 1.54) is 12.0 Å². The molecule has 1 aromatic heterocycles. The molecule has 2 saturated heterocycles. The maximum Gasteiger partial charge on any atom is 0.255 e. The summed E-state index contributed by atoms with van der Waals surface area (Å²) in [5, 5.41) is 6.04. The van der Waals surface area contributed by atoms with Gasteiger partial charge in [0, 0.05) is 56.6 Å². The fraction of sp³-hybridized carbons (Fsp3) is 0.440. The van der Waals surface area contributed by atoms with Crippen LogP contribution in [0.1, 0.15) is 52.7 Å². The predicted molar refractivity (Wildman–Crippen MR) is 122 cm³/mol. The monoisotopic (exact) mass is 447 g/mol. The number of benzene rings is 1. The van der Waals surface area contributed by atoms with Gasteiger partial charge in [-0.25, -0.2) is 0 Å². The summed E-state index contributed by atoms with van der Waals surface area (Å²) in [7, 11) is 0. The molecule has 0 aliphatic carbocycles. The number of aromatic nitrogens is 1. The SMILES string of the molecule is O=C1CCC(N2Cc3cc(CNC4CCCN(Cc5ccncc5)C4)ccc3C2=O)C(=O)N1. The van der Waals surface area contributed by atoms with Crippen molar-refractivity contribution in [2.75, 3.05) is 13.1 Å². The van der Waals surface area contributed by atoms with Gasteiger partial charge in [-0.1, -0.05) is 12.1 Å². The molecule has 3 amide bonds. The van der Waals surface area contributed by atoms with E-state index in [4.69, 9.17) is 0 Å². The van der Waals surface area contributed by atoms with Crippen LogP contribution in [0.2, 0.25) is 0 Å². The van der Waals surface area contributed by atoms with Crippen molar-refractivity contribution in [3.05, 3.63) is 65.0 Å². The van der Waals surface area contributed by atoms with E-state index < -0.39 is 6.04 Å². The number of rotatable bonds is 6. The minimum atomic E-state index is -0.571. The fourth-order valence-electron chi connectivity index (χ4n) is 5.11. The Morgan fingerprint density at radius 2 is 1.91 bits per heavy atom. The van der Waals surface area contributed by atoms with Gasteiger partial charge in [0.15, 0.2) is 0 Å². The molecule has 0 bridgehead atoms. The van der Waals surface area contributed by atoms with Crippen molar-refractivity contribution >= 4 is 17.7 Å². The molecule has 2 atom stereocenters. The highest BCUT2D eigenvalue weighted by Gasteiger charge is 2.39. The second-order valence-electron chi connectivity index (χ2n) is 9.20. The van der Waals surface area contributed by atoms with Crippen molar-refractivity contribution < 1.29 is 14.4 Å². The summed E-state index contributed by atoms with van der Waals surface area (Å²) in [4.78, 5) is 44.7. The van der Waals surface area contributed by atoms with E-state index in [1.807, 2.05) is 24.5 Å². The molecule has 3 aliphatic rings. The number of pyridine rings is 1. The average Bonchev–Trinajstić information content (AvgIpc) is 3.14. The second kappa shape index (κ2) is 9.41. The molecule has 172 valence electrons. The van der Waals surface area contributed by atoms with Gasteiger partial charge in [-0.15, -0.1) is 0 Å². The number of hydrogen-bond donors (Lipinski definition) is 2. The molecule has 2 aromatic rings. The number of fused-ring (bicyclic) bond motifs is 1. The maximum atomic E-state index is 12.9. The molecule has 0 radical (unpaired) electrons. The van der Waals surface area contributed by atoms with Crippen LogP contribution < -0.4 is 10.6 Å². The predicted octanol–water partition coefficient (Wildman–Crippen LogP) is 1.60. The number of carbonyl (C=O) groups is 3. The van der Waals surface area contributed by atoms with Crippen LogP contribution in [0.15, 0.2) is 42.7 Å². The van der Waals surface area contributed by atoms with Crippen molar-refractivity contribution in [2.24, 2.45) is 0 Å². The van der Waals surface area contributed by atoms with Gasteiger partial charge in [0.05, 0.1) is 0 Å². The van der Waals surface area contributed by atoms with Gasteiger partial charge in [-0.2, -0.15) is 0 Å². The van der Waals surface area contributed by atoms with Crippen LogP contribution >= 0.6 is 0 Å². The largest absolute Gasteiger partial charge is 0.322 e. The number of piperidine rings is 2. The second-order valence-corrected chi connectivity index (χ2v) is 9.20. The summed E-state index contributed by atoms with van der Waals surface area (Å²) in [5.41, 5.74) is 4.03. The summed E-state index contributed by atoms with van der Waals surface area (Å²) in [6, 6.07) is 9.94. The van der Waals surface area contributed by atoms with Crippen molar-refractivity contribution in [1.29, 1.82) is 0 Å². The Bertz CT molecular complexity index is 1060. The zero-order chi connectivity index (χ0) is 22.8. The highest BCUT2D eigenvalue weighted by Crippen LogP contribution is 2.28. The molecule has 3 aliphatic heterocycles. The van der Waals surface area contributed by atoms with Crippen LogP contribution in [0.3, 0.4) is 0 Å². The number of likely N-dealkylation sites (tertiary alicyclic amines) is 1. The molecule has 33 heavy (non-hydrogen) atoms. The summed E-state index contributed by atoms with van der Waals surface area (Å²) >= 11 is 0. The molecular weight excluding hydrogens is 418 g/mol. The molecule has 2 unspecified atom stereocenters. The molecule has 8 heteroatoms. The van der Waals surface area contributed by atoms with Crippen LogP contribution in [0.25, 0.3) is 0 Å². The normalized spacial score (nSPS) is 23.5. The topological polar surface area (TPSA) is 94.6 Å². The number of carbonyl (C=O) groups excluding carboxylic acids is 3. The van der Waals surface area contributed by atoms with Crippen LogP contribution in [0, 0.1) is 0 Å². The lowest BCUT2D eigenvalue weighted by molar-refractivity contribution is -0.136. The highest BCUT2D eigenvalue weighted by molar-refractivity contribution is 6.05. The smallest absolute Gasteiger partial charge is 0.255 e. The van der Waals surface area contributed by atoms with E-state index in [0.29, 0.717) is 24.6 Å². The molecule has 4 heterocycles. The third-order valence-electron chi connectivity index (χ3n) is 6.84. The summed E-state index contributed by atoms with van der Waals surface area (Å²) in [6.45, 7) is 4.22. The number of imide groups is 1. The fourth-order valence-corrected chi connectivity index (χ4v) is 5.11. The quantitative estimate of drug-likeness (QED) is 0.654. The maximum absolute atomic E-state index is 12.9. The zero-order valence-corrected chi connectivity index (χ0v) is 18.6. The minimum Gasteiger partial charge on any atom is -0.322 e. The Morgan fingerprint density at radius 3 is 2.73 bits per heavy atom. The Balaban J connectivity index is 1.18. The number of nitrogens with zero attached hydrogens (tertiary/aromatic N) is 3. The van der Waals surface area contributed by atoms with Gasteiger partial charge < -0.3 is 10.2 Å². The molecule has 0 saturated carbocycles. The molecule has 0 spiro atoms. The molecule has 5 rings (SSSR count). The van der Waals surface area contributed by atoms with E-state index in [1.54, 1.807) is 4.90 Å². The Morgan fingerprint density at radius 1 is 1.06 bits per heavy atom. The van der Waals surface area contributed by atoms with E-state index in [9.17, 15) is 14.4 Å². The van der Waals surface area contributed by atoms with Crippen LogP contribution in [-0.4, -0.2) is 57.7 Å². The van der Waals surface area contributed by atoms with Gasteiger partial charge in [0.2, 0.25) is 11.8 Å². The Kier molecular flexibility index (Phi) is 6.20. The lowest BCUT2D eigenvalue weighted by Crippen LogP contribution is -2.52. The van der Waals surface area contributed by atoms with Crippen LogP contribution in [0.4, 0.5) is 0 Å². The highest BCUT2D eigenvalue weighted by atomic mass is 16.2. The third kappa shape index (κ3) is 4.82. The molecule has 1 aromatic carbocycles. The number of hydrogen-bond acceptors (Lipinski definition) is 6. The summed E-state index contributed by atoms with van der Waals surface area (Å²) in [6.07, 6.45) is 6.66. The summed E-state index contributed by atoms with van der Waals surface area (Å²) < 4.78 is 0. The van der Waals surface area contributed by atoms with Gasteiger partial charge in [0.25, 0.3) is 5.91 Å². The molecule has 2 fully saturated rings. The van der Waals surface area contributed by atoms with E-state index in [-0.39, 0.29) is 24.1 Å². The third-order valence-corrected chi connectivity index (χ3v) is 6.84. The van der Waals surface area contributed by atoms with Crippen molar-refractivity contribution in [3.8, 4) is 0 Å². The van der Waals surface area contributed by atoms with Gasteiger partial charge in [0.1, 0.15) is 6.04 Å². The Labute approximate surface area is 193 Å². The summed E-state index contributed by atoms with van der Waals surface area (Å²) in [5.74, 6) is -0.767. The van der Waals surface area contributed by atoms with Crippen LogP contribution in [0.5, 0.6) is 0 Å². The first kappa shape index (κ1) is 21.7. The minimum absolute atomic E-state index is 0.127. The first-order valence-electron chi connectivity index (χ1n) is 11.7. The lowest BCUT2D eigenvalue weighted by Gasteiger charge is -2.33. The van der Waals surface area contributed by atoms with Crippen molar-refractivity contribution in [1.82, 2.24) is 25.4 Å². The van der Waals surface area contributed by atoms with Crippen molar-refractivity contribution in [3.63, 3.8) is 0 Å². The molecular formula is C25H29N5O3. The van der Waals surface area contributed by atoms with E-state index in [0.717, 1.165) is 43.7 Å². The first-order chi connectivity index (χ1) is 16.1. The van der Waals surface area contributed by atoms with Crippen LogP contribution in [-0.2, 0) is 29.2 Å². The lowest BCUT2D eigenvalue weighted by atomic mass is 10.0. The average molecular weight is 448 g/mol. The van der Waals surface area contributed by atoms with Gasteiger partial charge >= 0.3 is 0 Å². The van der Waals surface area contributed by atoms with E-state index in [2.05, 4.69) is 38.7 Å². The molecule has 2 N–H and O–H groups in total. The molecule has 8 nitrogen and oxygen atoms in total.